The number of anilines is 1. The van der Waals surface area contributed by atoms with Crippen molar-refractivity contribution in [1.82, 2.24) is 5.32 Å². The van der Waals surface area contributed by atoms with Crippen LogP contribution in [0.2, 0.25) is 0 Å². The largest absolute Gasteiger partial charge is 0.352 e. The lowest BCUT2D eigenvalue weighted by atomic mass is 10.1. The van der Waals surface area contributed by atoms with Gasteiger partial charge in [-0.1, -0.05) is 29.8 Å². The highest BCUT2D eigenvalue weighted by Gasteiger charge is 2.37. The van der Waals surface area contributed by atoms with Crippen LogP contribution in [0.4, 0.5) is 5.69 Å². The van der Waals surface area contributed by atoms with Gasteiger partial charge in [0.15, 0.2) is 9.84 Å². The van der Waals surface area contributed by atoms with Crippen molar-refractivity contribution in [3.8, 4) is 0 Å². The lowest BCUT2D eigenvalue weighted by Gasteiger charge is -2.18. The zero-order valence-corrected chi connectivity index (χ0v) is 18.7. The summed E-state index contributed by atoms with van der Waals surface area (Å²) in [6.45, 7) is 4.54. The number of rotatable bonds is 7. The number of fused-ring (bicyclic) bond motifs is 1. The van der Waals surface area contributed by atoms with Gasteiger partial charge in [0, 0.05) is 31.1 Å². The molecule has 0 radical (unpaired) electrons. The maximum absolute atomic E-state index is 13.1. The Bertz CT molecular complexity index is 1100. The van der Waals surface area contributed by atoms with Crippen LogP contribution in [0.1, 0.15) is 42.9 Å². The Morgan fingerprint density at radius 3 is 2.52 bits per heavy atom. The maximum Gasteiger partial charge on any atom is 0.230 e. The summed E-state index contributed by atoms with van der Waals surface area (Å²) in [6.07, 6.45) is 2.45. The van der Waals surface area contributed by atoms with Gasteiger partial charge in [-0.05, 0) is 62.4 Å². The number of hydrogen-bond acceptors (Lipinski definition) is 4. The summed E-state index contributed by atoms with van der Waals surface area (Å²) in [7, 11) is -3.65. The summed E-state index contributed by atoms with van der Waals surface area (Å²) in [6, 6.07) is 12.8. The number of nitrogens with one attached hydrogen (secondary N) is 1. The van der Waals surface area contributed by atoms with E-state index in [0.717, 1.165) is 35.2 Å². The van der Waals surface area contributed by atoms with Crippen LogP contribution < -0.4 is 10.2 Å². The third-order valence-electron chi connectivity index (χ3n) is 6.08. The van der Waals surface area contributed by atoms with E-state index in [1.165, 1.54) is 0 Å². The minimum Gasteiger partial charge on any atom is -0.352 e. The number of amides is 2. The predicted molar refractivity (Wildman–Crippen MR) is 120 cm³/mol. The molecule has 1 aliphatic heterocycles. The molecule has 2 aromatic carbocycles. The van der Waals surface area contributed by atoms with Crippen LogP contribution in [-0.2, 0) is 32.4 Å². The molecule has 4 rings (SSSR count). The van der Waals surface area contributed by atoms with Crippen molar-refractivity contribution in [1.29, 1.82) is 0 Å². The molecule has 1 atom stereocenters. The van der Waals surface area contributed by atoms with Crippen molar-refractivity contribution in [3.63, 3.8) is 0 Å². The summed E-state index contributed by atoms with van der Waals surface area (Å²) >= 11 is 0. The Balaban J connectivity index is 1.40. The van der Waals surface area contributed by atoms with E-state index in [9.17, 15) is 18.0 Å². The Labute approximate surface area is 183 Å². The van der Waals surface area contributed by atoms with Crippen molar-refractivity contribution >= 4 is 27.3 Å². The average Bonchev–Trinajstić information content (AvgIpc) is 3.51. The number of sulfone groups is 1. The molecule has 0 saturated heterocycles. The van der Waals surface area contributed by atoms with Gasteiger partial charge in [0.25, 0.3) is 0 Å². The van der Waals surface area contributed by atoms with Crippen molar-refractivity contribution in [2.45, 2.75) is 56.2 Å². The summed E-state index contributed by atoms with van der Waals surface area (Å²) in [4.78, 5) is 26.7. The van der Waals surface area contributed by atoms with E-state index in [1.807, 2.05) is 31.2 Å². The monoisotopic (exact) mass is 440 g/mol. The van der Waals surface area contributed by atoms with E-state index in [1.54, 1.807) is 30.0 Å². The fourth-order valence-corrected chi connectivity index (χ4v) is 5.32. The molecule has 6 nitrogen and oxygen atoms in total. The first-order valence-electron chi connectivity index (χ1n) is 10.8. The number of hydrogen-bond donors (Lipinski definition) is 1. The molecule has 2 aromatic rings. The van der Waals surface area contributed by atoms with E-state index >= 15 is 0 Å². The highest BCUT2D eigenvalue weighted by atomic mass is 32.2. The van der Waals surface area contributed by atoms with Gasteiger partial charge < -0.3 is 10.2 Å². The van der Waals surface area contributed by atoms with Gasteiger partial charge in [-0.15, -0.1) is 0 Å². The predicted octanol–water partition coefficient (Wildman–Crippen LogP) is 3.16. The van der Waals surface area contributed by atoms with Gasteiger partial charge >= 0.3 is 0 Å². The SMILES string of the molecule is Cc1ccc(CNC(=O)C[C@H](C)S(=O)(=O)c2ccc3c(c2)CCN3C(=O)C2CC2)cc1. The van der Waals surface area contributed by atoms with Crippen molar-refractivity contribution < 1.29 is 18.0 Å². The van der Waals surface area contributed by atoms with E-state index in [-0.39, 0.29) is 29.0 Å². The minimum atomic E-state index is -3.65. The Kier molecular flexibility index (Phi) is 5.88. The van der Waals surface area contributed by atoms with Crippen LogP contribution in [-0.4, -0.2) is 32.0 Å². The Morgan fingerprint density at radius 1 is 1.13 bits per heavy atom. The maximum atomic E-state index is 13.1. The average molecular weight is 441 g/mol. The molecule has 31 heavy (non-hydrogen) atoms. The highest BCUT2D eigenvalue weighted by molar-refractivity contribution is 7.92. The molecular formula is C24H28N2O4S. The fraction of sp³-hybridized carbons (Fsp3) is 0.417. The molecule has 0 spiro atoms. The normalized spacial score (nSPS) is 16.6. The molecule has 2 amide bonds. The second-order valence-electron chi connectivity index (χ2n) is 8.63. The van der Waals surface area contributed by atoms with E-state index in [2.05, 4.69) is 5.32 Å². The molecule has 0 unspecified atom stereocenters. The molecule has 0 aromatic heterocycles. The van der Waals surface area contributed by atoms with Gasteiger partial charge in [-0.2, -0.15) is 0 Å². The third kappa shape index (κ3) is 4.66. The highest BCUT2D eigenvalue weighted by Crippen LogP contribution is 2.37. The van der Waals surface area contributed by atoms with Gasteiger partial charge in [0.1, 0.15) is 0 Å². The van der Waals surface area contributed by atoms with Crippen molar-refractivity contribution in [2.75, 3.05) is 11.4 Å². The molecule has 164 valence electrons. The van der Waals surface area contributed by atoms with Crippen molar-refractivity contribution in [3.05, 3.63) is 59.2 Å². The number of aryl methyl sites for hydroxylation is 1. The topological polar surface area (TPSA) is 83.6 Å². The molecule has 7 heteroatoms. The standard InChI is InChI=1S/C24H28N2O4S/c1-16-3-5-18(6-4-16)15-25-23(27)13-17(2)31(29,30)21-9-10-22-20(14-21)11-12-26(22)24(28)19-7-8-19/h3-6,9-10,14,17,19H,7-8,11-13,15H2,1-2H3,(H,25,27)/t17-/m0/s1. The third-order valence-corrected chi connectivity index (χ3v) is 8.22. The number of carbonyl (C=O) groups excluding carboxylic acids is 2. The molecule has 1 aliphatic carbocycles. The number of carbonyl (C=O) groups is 2. The van der Waals surface area contributed by atoms with Crippen LogP contribution in [0, 0.1) is 12.8 Å². The zero-order chi connectivity index (χ0) is 22.2. The van der Waals surface area contributed by atoms with Crippen molar-refractivity contribution in [2.24, 2.45) is 5.92 Å². The first kappa shape index (κ1) is 21.6. The minimum absolute atomic E-state index is 0.0996. The quantitative estimate of drug-likeness (QED) is 0.717. The first-order chi connectivity index (χ1) is 14.8. The smallest absolute Gasteiger partial charge is 0.230 e. The van der Waals surface area contributed by atoms with Gasteiger partial charge in [-0.3, -0.25) is 9.59 Å². The van der Waals surface area contributed by atoms with Crippen LogP contribution in [0.3, 0.4) is 0 Å². The molecule has 1 saturated carbocycles. The zero-order valence-electron chi connectivity index (χ0n) is 17.9. The van der Waals surface area contributed by atoms with Crippen LogP contribution in [0.5, 0.6) is 0 Å². The molecule has 1 heterocycles. The van der Waals surface area contributed by atoms with E-state index in [0.29, 0.717) is 19.5 Å². The van der Waals surface area contributed by atoms with Crippen LogP contribution in [0.25, 0.3) is 0 Å². The van der Waals surface area contributed by atoms with Gasteiger partial charge in [0.2, 0.25) is 11.8 Å². The second-order valence-corrected chi connectivity index (χ2v) is 11.0. The number of nitrogens with zero attached hydrogens (tertiary/aromatic N) is 1. The molecule has 1 fully saturated rings. The molecule has 1 N–H and O–H groups in total. The van der Waals surface area contributed by atoms with E-state index in [4.69, 9.17) is 0 Å². The summed E-state index contributed by atoms with van der Waals surface area (Å²) in [5.74, 6) is -0.0141. The van der Waals surface area contributed by atoms with Crippen LogP contribution >= 0.6 is 0 Å². The molecule has 0 bridgehead atoms. The molecular weight excluding hydrogens is 412 g/mol. The Morgan fingerprint density at radius 2 is 1.84 bits per heavy atom. The summed E-state index contributed by atoms with van der Waals surface area (Å²) in [5.41, 5.74) is 3.81. The summed E-state index contributed by atoms with van der Waals surface area (Å²) < 4.78 is 26.1. The van der Waals surface area contributed by atoms with Crippen LogP contribution in [0.15, 0.2) is 47.4 Å². The second kappa shape index (κ2) is 8.46. The fourth-order valence-electron chi connectivity index (χ4n) is 3.92. The lowest BCUT2D eigenvalue weighted by Crippen LogP contribution is -2.30. The van der Waals surface area contributed by atoms with Gasteiger partial charge in [-0.25, -0.2) is 8.42 Å². The van der Waals surface area contributed by atoms with E-state index < -0.39 is 15.1 Å². The van der Waals surface area contributed by atoms with Gasteiger partial charge in [0.05, 0.1) is 10.1 Å². The summed E-state index contributed by atoms with van der Waals surface area (Å²) in [5, 5.41) is 1.96. The number of benzene rings is 2. The first-order valence-corrected chi connectivity index (χ1v) is 12.3. The Hall–Kier alpha value is -2.67. The molecule has 2 aliphatic rings. The lowest BCUT2D eigenvalue weighted by molar-refractivity contribution is -0.121.